The molecule has 2 heterocycles. The Labute approximate surface area is 110 Å². The van der Waals surface area contributed by atoms with Crippen LogP contribution in [0.3, 0.4) is 0 Å². The minimum Gasteiger partial charge on any atom is -0.369 e. The third kappa shape index (κ3) is 2.57. The Morgan fingerprint density at radius 3 is 2.44 bits per heavy atom. The molecule has 2 unspecified atom stereocenters. The monoisotopic (exact) mass is 248 g/mol. The summed E-state index contributed by atoms with van der Waals surface area (Å²) in [5, 5.41) is 0. The second-order valence-electron chi connectivity index (χ2n) is 6.53. The summed E-state index contributed by atoms with van der Waals surface area (Å²) < 4.78 is 6.11. The van der Waals surface area contributed by atoms with Gasteiger partial charge in [0.05, 0.1) is 11.2 Å². The van der Waals surface area contributed by atoms with Crippen LogP contribution in [-0.4, -0.2) is 16.2 Å². The molecule has 2 rings (SSSR count). The highest BCUT2D eigenvalue weighted by molar-refractivity contribution is 5.19. The van der Waals surface area contributed by atoms with E-state index in [4.69, 9.17) is 10.5 Å². The first kappa shape index (κ1) is 13.5. The van der Waals surface area contributed by atoms with Crippen LogP contribution in [0.2, 0.25) is 0 Å². The second-order valence-corrected chi connectivity index (χ2v) is 6.53. The molecule has 18 heavy (non-hydrogen) atoms. The summed E-state index contributed by atoms with van der Waals surface area (Å²) in [5.74, 6) is 0.317. The lowest BCUT2D eigenvalue weighted by atomic mass is 9.80. The van der Waals surface area contributed by atoms with Gasteiger partial charge >= 0.3 is 0 Å². The minimum absolute atomic E-state index is 0.0186. The maximum absolute atomic E-state index is 6.43. The molecule has 3 nitrogen and oxygen atoms in total. The van der Waals surface area contributed by atoms with E-state index in [0.29, 0.717) is 5.92 Å². The summed E-state index contributed by atoms with van der Waals surface area (Å²) in [6, 6.07) is 4.08. The van der Waals surface area contributed by atoms with Crippen LogP contribution >= 0.6 is 0 Å². The van der Waals surface area contributed by atoms with Crippen molar-refractivity contribution in [2.24, 2.45) is 11.7 Å². The highest BCUT2D eigenvalue weighted by atomic mass is 16.5. The Morgan fingerprint density at radius 2 is 2.00 bits per heavy atom. The molecule has 1 aliphatic heterocycles. The topological polar surface area (TPSA) is 48.1 Å². The lowest BCUT2D eigenvalue weighted by Gasteiger charge is -2.31. The van der Waals surface area contributed by atoms with Gasteiger partial charge in [-0.1, -0.05) is 6.07 Å². The molecule has 0 bridgehead atoms. The molecule has 2 N–H and O–H groups in total. The molecule has 1 aromatic heterocycles. The zero-order valence-corrected chi connectivity index (χ0v) is 12.0. The molecule has 3 heteroatoms. The fourth-order valence-corrected chi connectivity index (χ4v) is 3.07. The first-order chi connectivity index (χ1) is 8.21. The van der Waals surface area contributed by atoms with E-state index in [0.717, 1.165) is 17.7 Å². The van der Waals surface area contributed by atoms with Crippen LogP contribution in [-0.2, 0) is 4.74 Å². The lowest BCUT2D eigenvalue weighted by Crippen LogP contribution is -2.35. The Balaban J connectivity index is 2.23. The standard InChI is InChI=1S/C15H24N2O/c1-10-6-7-11(9-17-10)13(16)12-8-14(2,3)18-15(12,4)5/h6-7,9,12-13H,8,16H2,1-5H3. The van der Waals surface area contributed by atoms with Gasteiger partial charge in [-0.3, -0.25) is 4.98 Å². The van der Waals surface area contributed by atoms with Crippen molar-refractivity contribution in [3.63, 3.8) is 0 Å². The number of rotatable bonds is 2. The Kier molecular flexibility index (Phi) is 3.24. The molecule has 1 aliphatic rings. The van der Waals surface area contributed by atoms with Gasteiger partial charge < -0.3 is 10.5 Å². The molecule has 0 aromatic carbocycles. The Bertz CT molecular complexity index is 423. The average Bonchev–Trinajstić information content (AvgIpc) is 2.47. The van der Waals surface area contributed by atoms with Gasteiger partial charge in [-0.25, -0.2) is 0 Å². The molecule has 0 saturated carbocycles. The third-order valence-corrected chi connectivity index (χ3v) is 3.90. The van der Waals surface area contributed by atoms with Crippen LogP contribution in [0.25, 0.3) is 0 Å². The number of hydrogen-bond acceptors (Lipinski definition) is 3. The van der Waals surface area contributed by atoms with E-state index < -0.39 is 0 Å². The largest absolute Gasteiger partial charge is 0.369 e. The van der Waals surface area contributed by atoms with Gasteiger partial charge in [0, 0.05) is 23.9 Å². The number of ether oxygens (including phenoxy) is 1. The maximum Gasteiger partial charge on any atom is 0.0680 e. The summed E-state index contributed by atoms with van der Waals surface area (Å²) >= 11 is 0. The zero-order valence-electron chi connectivity index (χ0n) is 12.0. The van der Waals surface area contributed by atoms with Gasteiger partial charge in [0.1, 0.15) is 0 Å². The van der Waals surface area contributed by atoms with Crippen LogP contribution in [0.5, 0.6) is 0 Å². The highest BCUT2D eigenvalue weighted by Crippen LogP contribution is 2.46. The summed E-state index contributed by atoms with van der Waals surface area (Å²) in [7, 11) is 0. The molecular weight excluding hydrogens is 224 g/mol. The van der Waals surface area contributed by atoms with Crippen LogP contribution in [0.15, 0.2) is 18.3 Å². The smallest absolute Gasteiger partial charge is 0.0680 e. The minimum atomic E-state index is -0.187. The van der Waals surface area contributed by atoms with Gasteiger partial charge in [0.25, 0.3) is 0 Å². The third-order valence-electron chi connectivity index (χ3n) is 3.90. The van der Waals surface area contributed by atoms with Crippen LogP contribution in [0.1, 0.15) is 51.4 Å². The Morgan fingerprint density at radius 1 is 1.33 bits per heavy atom. The zero-order chi connectivity index (χ0) is 13.6. The van der Waals surface area contributed by atoms with Crippen LogP contribution in [0, 0.1) is 12.8 Å². The summed E-state index contributed by atoms with van der Waals surface area (Å²) in [6.07, 6.45) is 2.87. The van der Waals surface area contributed by atoms with E-state index in [-0.39, 0.29) is 17.2 Å². The first-order valence-electron chi connectivity index (χ1n) is 6.60. The second kappa shape index (κ2) is 4.32. The van der Waals surface area contributed by atoms with Crippen LogP contribution < -0.4 is 5.73 Å². The molecule has 1 aromatic rings. The predicted molar refractivity (Wildman–Crippen MR) is 73.3 cm³/mol. The van der Waals surface area contributed by atoms with Crippen molar-refractivity contribution in [2.75, 3.05) is 0 Å². The fourth-order valence-electron chi connectivity index (χ4n) is 3.07. The van der Waals surface area contributed by atoms with Crippen molar-refractivity contribution in [3.8, 4) is 0 Å². The summed E-state index contributed by atoms with van der Waals surface area (Å²) in [6.45, 7) is 10.5. The summed E-state index contributed by atoms with van der Waals surface area (Å²) in [4.78, 5) is 4.33. The fraction of sp³-hybridized carbons (Fsp3) is 0.667. The van der Waals surface area contributed by atoms with E-state index >= 15 is 0 Å². The molecule has 2 atom stereocenters. The molecule has 0 aliphatic carbocycles. The van der Waals surface area contributed by atoms with E-state index in [2.05, 4.69) is 38.7 Å². The number of aryl methyl sites for hydroxylation is 1. The van der Waals surface area contributed by atoms with Crippen molar-refractivity contribution in [3.05, 3.63) is 29.6 Å². The number of aromatic nitrogens is 1. The first-order valence-corrected chi connectivity index (χ1v) is 6.60. The molecule has 0 spiro atoms. The van der Waals surface area contributed by atoms with Gasteiger partial charge in [-0.05, 0) is 52.7 Å². The van der Waals surface area contributed by atoms with Crippen molar-refractivity contribution in [1.29, 1.82) is 0 Å². The molecule has 0 amide bonds. The number of pyridine rings is 1. The quantitative estimate of drug-likeness (QED) is 0.875. The molecule has 0 radical (unpaired) electrons. The SMILES string of the molecule is Cc1ccc(C(N)C2CC(C)(C)OC2(C)C)cn1. The van der Waals surface area contributed by atoms with Gasteiger partial charge in [0.15, 0.2) is 0 Å². The lowest BCUT2D eigenvalue weighted by molar-refractivity contribution is -0.0767. The predicted octanol–water partition coefficient (Wildman–Crippen LogP) is 2.98. The van der Waals surface area contributed by atoms with Crippen molar-refractivity contribution in [1.82, 2.24) is 4.98 Å². The molecule has 100 valence electrons. The number of nitrogens with two attached hydrogens (primary N) is 1. The normalized spacial score (nSPS) is 27.1. The van der Waals surface area contributed by atoms with E-state index in [1.54, 1.807) is 0 Å². The van der Waals surface area contributed by atoms with Crippen molar-refractivity contribution in [2.45, 2.75) is 58.3 Å². The van der Waals surface area contributed by atoms with E-state index in [1.165, 1.54) is 0 Å². The van der Waals surface area contributed by atoms with E-state index in [9.17, 15) is 0 Å². The molecule has 1 fully saturated rings. The Hall–Kier alpha value is -0.930. The molecular formula is C15H24N2O. The average molecular weight is 248 g/mol. The van der Waals surface area contributed by atoms with Crippen molar-refractivity contribution < 1.29 is 4.74 Å². The van der Waals surface area contributed by atoms with Crippen LogP contribution in [0.4, 0.5) is 0 Å². The van der Waals surface area contributed by atoms with Gasteiger partial charge in [-0.2, -0.15) is 0 Å². The van der Waals surface area contributed by atoms with Gasteiger partial charge in [-0.15, -0.1) is 0 Å². The number of hydrogen-bond donors (Lipinski definition) is 1. The summed E-state index contributed by atoms with van der Waals surface area (Å²) in [5.41, 5.74) is 8.27. The van der Waals surface area contributed by atoms with E-state index in [1.807, 2.05) is 19.2 Å². The highest BCUT2D eigenvalue weighted by Gasteiger charge is 2.48. The van der Waals surface area contributed by atoms with Gasteiger partial charge in [0.2, 0.25) is 0 Å². The van der Waals surface area contributed by atoms with Crippen molar-refractivity contribution >= 4 is 0 Å². The number of nitrogens with zero attached hydrogens (tertiary/aromatic N) is 1. The maximum atomic E-state index is 6.43. The molecule has 1 saturated heterocycles.